The molecule has 4 unspecified atom stereocenters. The largest absolute Gasteiger partial charge is 0.495 e. The molecule has 0 radical (unpaired) electrons. The van der Waals surface area contributed by atoms with Crippen LogP contribution in [0.25, 0.3) is 6.08 Å². The number of methoxy groups -OCH3 is 1. The Hall–Kier alpha value is -4.17. The first kappa shape index (κ1) is 23.2. The molecule has 0 aromatic heterocycles. The Morgan fingerprint density at radius 1 is 1.00 bits per heavy atom. The number of amides is 3. The second-order valence-electron chi connectivity index (χ2n) is 9.16. The predicted molar refractivity (Wildman–Crippen MR) is 136 cm³/mol. The van der Waals surface area contributed by atoms with Crippen molar-refractivity contribution in [1.82, 2.24) is 4.90 Å². The normalized spacial score (nSPS) is 23.5. The maximum atomic E-state index is 13.8. The van der Waals surface area contributed by atoms with Crippen LogP contribution in [-0.4, -0.2) is 35.8 Å². The summed E-state index contributed by atoms with van der Waals surface area (Å²) in [4.78, 5) is 44.3. The van der Waals surface area contributed by atoms with E-state index < -0.39 is 47.5 Å². The standard InChI is InChI=1S/C28H21ClFN3O4/c1-37-21-11-6-16(29)14-20(21)31-26(34)25-23-22(24-19-5-3-2-4-15(19)12-13-32(24)25)27(35)33(28(23)36)18-9-7-17(30)8-10-18/h2-14,22-25H,1H3,(H,31,34). The van der Waals surface area contributed by atoms with Crippen LogP contribution >= 0.6 is 11.6 Å². The average molecular weight is 518 g/mol. The monoisotopic (exact) mass is 517 g/mol. The number of ether oxygens (including phenoxy) is 1. The summed E-state index contributed by atoms with van der Waals surface area (Å²) >= 11 is 6.15. The van der Waals surface area contributed by atoms with Crippen molar-refractivity contribution in [2.75, 3.05) is 17.3 Å². The lowest BCUT2D eigenvalue weighted by atomic mass is 9.84. The van der Waals surface area contributed by atoms with Crippen LogP contribution in [0, 0.1) is 17.7 Å². The van der Waals surface area contributed by atoms with Crippen molar-refractivity contribution in [3.05, 3.63) is 94.9 Å². The lowest BCUT2D eigenvalue weighted by Crippen LogP contribution is -2.46. The molecular weight excluding hydrogens is 497 g/mol. The van der Waals surface area contributed by atoms with E-state index in [4.69, 9.17) is 16.3 Å². The van der Waals surface area contributed by atoms with Crippen LogP contribution in [0.5, 0.6) is 5.75 Å². The smallest absolute Gasteiger partial charge is 0.248 e. The van der Waals surface area contributed by atoms with Crippen LogP contribution < -0.4 is 15.0 Å². The molecule has 2 fully saturated rings. The molecular formula is C28H21ClFN3O4. The number of nitrogens with one attached hydrogen (secondary N) is 1. The third-order valence-corrected chi connectivity index (χ3v) is 7.47. The van der Waals surface area contributed by atoms with E-state index in [-0.39, 0.29) is 5.69 Å². The summed E-state index contributed by atoms with van der Waals surface area (Å²) < 4.78 is 18.9. The molecule has 3 aliphatic heterocycles. The molecule has 0 aliphatic carbocycles. The zero-order valence-electron chi connectivity index (χ0n) is 19.6. The van der Waals surface area contributed by atoms with Gasteiger partial charge < -0.3 is 15.0 Å². The van der Waals surface area contributed by atoms with Crippen LogP contribution in [-0.2, 0) is 14.4 Å². The summed E-state index contributed by atoms with van der Waals surface area (Å²) in [5, 5.41) is 3.26. The Balaban J connectivity index is 1.44. The van der Waals surface area contributed by atoms with Gasteiger partial charge in [0.05, 0.1) is 36.4 Å². The first-order chi connectivity index (χ1) is 17.9. The maximum absolute atomic E-state index is 13.8. The third kappa shape index (κ3) is 3.59. The Morgan fingerprint density at radius 3 is 2.49 bits per heavy atom. The first-order valence-corrected chi connectivity index (χ1v) is 12.1. The van der Waals surface area contributed by atoms with Gasteiger partial charge in [0, 0.05) is 11.2 Å². The number of carbonyl (C=O) groups excluding carboxylic acids is 3. The van der Waals surface area contributed by atoms with Gasteiger partial charge in [0.1, 0.15) is 17.6 Å². The number of anilines is 2. The number of carbonyl (C=O) groups is 3. The summed E-state index contributed by atoms with van der Waals surface area (Å²) in [6, 6.07) is 16.1. The van der Waals surface area contributed by atoms with Gasteiger partial charge in [0.25, 0.3) is 0 Å². The summed E-state index contributed by atoms with van der Waals surface area (Å²) in [5.74, 6) is -3.22. The fraction of sp³-hybridized carbons (Fsp3) is 0.179. The van der Waals surface area contributed by atoms with Gasteiger partial charge in [-0.15, -0.1) is 0 Å². The Labute approximate surface area is 217 Å². The number of hydrogen-bond donors (Lipinski definition) is 1. The van der Waals surface area contributed by atoms with Crippen molar-refractivity contribution < 1.29 is 23.5 Å². The van der Waals surface area contributed by atoms with E-state index in [9.17, 15) is 18.8 Å². The number of fused-ring (bicyclic) bond motifs is 5. The van der Waals surface area contributed by atoms with E-state index in [1.807, 2.05) is 30.3 Å². The highest BCUT2D eigenvalue weighted by Crippen LogP contribution is 2.53. The Morgan fingerprint density at radius 2 is 1.73 bits per heavy atom. The van der Waals surface area contributed by atoms with E-state index in [1.54, 1.807) is 29.3 Å². The molecule has 3 aromatic rings. The van der Waals surface area contributed by atoms with E-state index in [1.165, 1.54) is 31.4 Å². The minimum atomic E-state index is -0.981. The highest BCUT2D eigenvalue weighted by Gasteiger charge is 2.64. The van der Waals surface area contributed by atoms with Gasteiger partial charge in [0.2, 0.25) is 17.7 Å². The molecule has 6 rings (SSSR count). The quantitative estimate of drug-likeness (QED) is 0.510. The Bertz CT molecular complexity index is 1470. The van der Waals surface area contributed by atoms with Crippen LogP contribution in [0.15, 0.2) is 72.9 Å². The van der Waals surface area contributed by atoms with Crippen molar-refractivity contribution in [1.29, 1.82) is 0 Å². The zero-order valence-corrected chi connectivity index (χ0v) is 20.4. The van der Waals surface area contributed by atoms with Gasteiger partial charge in [0.15, 0.2) is 0 Å². The summed E-state index contributed by atoms with van der Waals surface area (Å²) in [5.41, 5.74) is 2.40. The van der Waals surface area contributed by atoms with Gasteiger partial charge >= 0.3 is 0 Å². The average Bonchev–Trinajstić information content (AvgIpc) is 3.37. The Kier molecular flexibility index (Phi) is 5.49. The molecule has 4 atom stereocenters. The lowest BCUT2D eigenvalue weighted by molar-refractivity contribution is -0.128. The number of imide groups is 1. The zero-order chi connectivity index (χ0) is 25.8. The third-order valence-electron chi connectivity index (χ3n) is 7.23. The molecule has 0 saturated carbocycles. The first-order valence-electron chi connectivity index (χ1n) is 11.7. The SMILES string of the molecule is COc1ccc(Cl)cc1NC(=O)C1C2C(=O)N(c3ccc(F)cc3)C(=O)C2C2c3ccccc3C=CN12. The number of halogens is 2. The number of hydrogen-bond acceptors (Lipinski definition) is 5. The van der Waals surface area contributed by atoms with Gasteiger partial charge in [-0.2, -0.15) is 0 Å². The van der Waals surface area contributed by atoms with Crippen LogP contribution in [0.1, 0.15) is 17.2 Å². The molecule has 37 heavy (non-hydrogen) atoms. The highest BCUT2D eigenvalue weighted by molar-refractivity contribution is 6.31. The molecule has 0 bridgehead atoms. The van der Waals surface area contributed by atoms with E-state index in [2.05, 4.69) is 5.32 Å². The van der Waals surface area contributed by atoms with Crippen LogP contribution in [0.3, 0.4) is 0 Å². The van der Waals surface area contributed by atoms with Crippen molar-refractivity contribution in [2.45, 2.75) is 12.1 Å². The summed E-state index contributed by atoms with van der Waals surface area (Å²) in [6.07, 6.45) is 3.65. The molecule has 3 aromatic carbocycles. The highest BCUT2D eigenvalue weighted by atomic mass is 35.5. The molecule has 3 amide bonds. The second-order valence-corrected chi connectivity index (χ2v) is 9.59. The van der Waals surface area contributed by atoms with E-state index in [0.29, 0.717) is 16.5 Å². The van der Waals surface area contributed by atoms with E-state index >= 15 is 0 Å². The molecule has 2 saturated heterocycles. The fourth-order valence-corrected chi connectivity index (χ4v) is 5.86. The second kappa shape index (κ2) is 8.74. The van der Waals surface area contributed by atoms with Crippen molar-refractivity contribution in [3.8, 4) is 5.75 Å². The number of benzene rings is 3. The fourth-order valence-electron chi connectivity index (χ4n) is 5.69. The lowest BCUT2D eigenvalue weighted by Gasteiger charge is -2.35. The predicted octanol–water partition coefficient (Wildman–Crippen LogP) is 4.64. The maximum Gasteiger partial charge on any atom is 0.248 e. The molecule has 7 nitrogen and oxygen atoms in total. The van der Waals surface area contributed by atoms with Gasteiger partial charge in [-0.1, -0.05) is 35.9 Å². The minimum absolute atomic E-state index is 0.271. The van der Waals surface area contributed by atoms with Crippen LogP contribution in [0.2, 0.25) is 5.02 Å². The van der Waals surface area contributed by atoms with Gasteiger partial charge in [-0.25, -0.2) is 9.29 Å². The van der Waals surface area contributed by atoms with Gasteiger partial charge in [-0.05, 0) is 59.7 Å². The molecule has 9 heteroatoms. The number of nitrogens with zero attached hydrogens (tertiary/aromatic N) is 2. The minimum Gasteiger partial charge on any atom is -0.495 e. The molecule has 1 N–H and O–H groups in total. The van der Waals surface area contributed by atoms with Gasteiger partial charge in [-0.3, -0.25) is 14.4 Å². The van der Waals surface area contributed by atoms with Crippen molar-refractivity contribution >= 4 is 46.8 Å². The summed E-state index contributed by atoms with van der Waals surface area (Å²) in [7, 11) is 1.48. The van der Waals surface area contributed by atoms with Crippen molar-refractivity contribution in [3.63, 3.8) is 0 Å². The summed E-state index contributed by atoms with van der Waals surface area (Å²) in [6.45, 7) is 0. The molecule has 3 aliphatic rings. The topological polar surface area (TPSA) is 79.0 Å². The van der Waals surface area contributed by atoms with E-state index in [0.717, 1.165) is 16.0 Å². The number of rotatable bonds is 4. The van der Waals surface area contributed by atoms with Crippen molar-refractivity contribution in [2.24, 2.45) is 11.8 Å². The van der Waals surface area contributed by atoms with Crippen LogP contribution in [0.4, 0.5) is 15.8 Å². The molecule has 0 spiro atoms. The molecule has 3 heterocycles. The molecule has 186 valence electrons.